The van der Waals surface area contributed by atoms with Gasteiger partial charge in [-0.1, -0.05) is 6.07 Å². The number of nitrogens with zero attached hydrogens (tertiary/aromatic N) is 4. The second-order valence-electron chi connectivity index (χ2n) is 8.58. The summed E-state index contributed by atoms with van der Waals surface area (Å²) in [5, 5.41) is 17.5. The van der Waals surface area contributed by atoms with Crippen molar-refractivity contribution in [2.75, 3.05) is 39.4 Å². The molecule has 2 fully saturated rings. The minimum atomic E-state index is -5.08. The molecule has 0 aliphatic carbocycles. The molecule has 2 N–H and O–H groups in total. The molecule has 1 atom stereocenters. The van der Waals surface area contributed by atoms with E-state index in [1.807, 2.05) is 18.5 Å². The Labute approximate surface area is 217 Å². The highest BCUT2D eigenvalue weighted by atomic mass is 32.1. The van der Waals surface area contributed by atoms with E-state index in [2.05, 4.69) is 37.3 Å². The number of ether oxygens (including phenoxy) is 1. The van der Waals surface area contributed by atoms with E-state index >= 15 is 0 Å². The van der Waals surface area contributed by atoms with Crippen molar-refractivity contribution in [1.82, 2.24) is 19.8 Å². The average Bonchev–Trinajstić information content (AvgIpc) is 3.42. The SMILES string of the molecule is O=C(O)C(F)(F)F.O=C(O)C(F)(F)F.c1ccc(CN2CCOCC3(CCN(Cc4nccs4)C3)C2)nc1. The standard InChI is InChI=1S/C18H24N4OS.2C2HF3O2/c1-2-5-19-16(3-1)11-22-8-9-23-15-18(14-22)4-7-21(13-18)12-17-20-6-10-24-17;2*3-2(4,5)1(6)7/h1-3,5-6,10H,4,7-9,11-15H2;2*(H,6,7). The average molecular weight is 573 g/mol. The number of hydrogen-bond acceptors (Lipinski definition) is 8. The van der Waals surface area contributed by atoms with Crippen LogP contribution in [0.3, 0.4) is 0 Å². The maximum atomic E-state index is 10.6. The third-order valence-electron chi connectivity index (χ3n) is 5.48. The number of thiazole rings is 1. The number of aliphatic carboxylic acids is 2. The molecule has 38 heavy (non-hydrogen) atoms. The number of carbonyl (C=O) groups is 2. The van der Waals surface area contributed by atoms with Crippen molar-refractivity contribution in [2.45, 2.75) is 31.9 Å². The van der Waals surface area contributed by atoms with E-state index in [1.165, 1.54) is 11.4 Å². The summed E-state index contributed by atoms with van der Waals surface area (Å²) in [6, 6.07) is 6.16. The van der Waals surface area contributed by atoms with Crippen LogP contribution in [0.2, 0.25) is 0 Å². The topological polar surface area (TPSA) is 116 Å². The van der Waals surface area contributed by atoms with Gasteiger partial charge in [0.25, 0.3) is 0 Å². The fourth-order valence-electron chi connectivity index (χ4n) is 3.87. The number of aromatic nitrogens is 2. The summed E-state index contributed by atoms with van der Waals surface area (Å²) in [4.78, 5) is 31.8. The minimum Gasteiger partial charge on any atom is -0.475 e. The van der Waals surface area contributed by atoms with Crippen LogP contribution in [0.25, 0.3) is 0 Å². The second-order valence-corrected chi connectivity index (χ2v) is 9.56. The maximum absolute atomic E-state index is 10.6. The van der Waals surface area contributed by atoms with Gasteiger partial charge in [0.2, 0.25) is 0 Å². The first kappa shape index (κ1) is 31.4. The summed E-state index contributed by atoms with van der Waals surface area (Å²) >= 11 is 1.75. The molecule has 1 unspecified atom stereocenters. The van der Waals surface area contributed by atoms with Crippen molar-refractivity contribution in [3.8, 4) is 0 Å². The normalized spacial score (nSPS) is 20.6. The first-order valence-electron chi connectivity index (χ1n) is 11.1. The van der Waals surface area contributed by atoms with Crippen molar-refractivity contribution >= 4 is 23.3 Å². The zero-order valence-electron chi connectivity index (χ0n) is 19.9. The van der Waals surface area contributed by atoms with E-state index in [1.54, 1.807) is 11.3 Å². The largest absolute Gasteiger partial charge is 0.490 e. The number of halogens is 6. The van der Waals surface area contributed by atoms with Gasteiger partial charge >= 0.3 is 24.3 Å². The van der Waals surface area contributed by atoms with Gasteiger partial charge in [0.15, 0.2) is 0 Å². The van der Waals surface area contributed by atoms with E-state index in [0.717, 1.165) is 58.2 Å². The zero-order chi connectivity index (χ0) is 28.4. The molecular formula is C22H26F6N4O5S. The molecule has 2 aromatic heterocycles. The number of rotatable bonds is 4. The Balaban J connectivity index is 0.000000301. The lowest BCUT2D eigenvalue weighted by atomic mass is 9.87. The van der Waals surface area contributed by atoms with Crippen LogP contribution in [0.5, 0.6) is 0 Å². The second kappa shape index (κ2) is 13.8. The molecule has 2 saturated heterocycles. The summed E-state index contributed by atoms with van der Waals surface area (Å²) in [7, 11) is 0. The molecule has 2 aromatic rings. The predicted molar refractivity (Wildman–Crippen MR) is 122 cm³/mol. The fourth-order valence-corrected chi connectivity index (χ4v) is 4.53. The molecule has 16 heteroatoms. The van der Waals surface area contributed by atoms with Crippen LogP contribution in [0.1, 0.15) is 17.1 Å². The molecular weight excluding hydrogens is 546 g/mol. The van der Waals surface area contributed by atoms with Crippen molar-refractivity contribution in [3.63, 3.8) is 0 Å². The Morgan fingerprint density at radius 1 is 0.947 bits per heavy atom. The van der Waals surface area contributed by atoms with Gasteiger partial charge in [-0.05, 0) is 25.1 Å². The quantitative estimate of drug-likeness (QED) is 0.531. The van der Waals surface area contributed by atoms with Crippen molar-refractivity contribution < 1.29 is 50.9 Å². The number of carboxylic acid groups (broad SMARTS) is 2. The van der Waals surface area contributed by atoms with Gasteiger partial charge in [0.05, 0.1) is 25.5 Å². The summed E-state index contributed by atoms with van der Waals surface area (Å²) in [6.07, 6.45) is -5.18. The molecule has 1 spiro atoms. The van der Waals surface area contributed by atoms with Gasteiger partial charge in [-0.2, -0.15) is 26.3 Å². The summed E-state index contributed by atoms with van der Waals surface area (Å²) in [5.74, 6) is -5.51. The predicted octanol–water partition coefficient (Wildman–Crippen LogP) is 3.53. The summed E-state index contributed by atoms with van der Waals surface area (Å²) in [5.41, 5.74) is 1.40. The van der Waals surface area contributed by atoms with E-state index in [9.17, 15) is 26.3 Å². The van der Waals surface area contributed by atoms with E-state index < -0.39 is 24.3 Å². The smallest absolute Gasteiger partial charge is 0.475 e. The summed E-state index contributed by atoms with van der Waals surface area (Å²) < 4.78 is 69.5. The molecule has 2 aliphatic heterocycles. The first-order valence-corrected chi connectivity index (χ1v) is 12.0. The van der Waals surface area contributed by atoms with Crippen molar-refractivity contribution in [2.24, 2.45) is 5.41 Å². The van der Waals surface area contributed by atoms with Gasteiger partial charge in [-0.25, -0.2) is 14.6 Å². The summed E-state index contributed by atoms with van der Waals surface area (Å²) in [6.45, 7) is 7.91. The third kappa shape index (κ3) is 10.9. The van der Waals surface area contributed by atoms with Crippen LogP contribution in [-0.2, 0) is 27.4 Å². The number of likely N-dealkylation sites (tertiary alicyclic amines) is 1. The Morgan fingerprint density at radius 3 is 2.05 bits per heavy atom. The van der Waals surface area contributed by atoms with Gasteiger partial charge in [0, 0.05) is 49.4 Å². The van der Waals surface area contributed by atoms with Gasteiger partial charge in [-0.3, -0.25) is 14.8 Å². The molecule has 0 amide bonds. The molecule has 212 valence electrons. The van der Waals surface area contributed by atoms with Crippen LogP contribution in [-0.4, -0.2) is 93.7 Å². The fraction of sp³-hybridized carbons (Fsp3) is 0.545. The Morgan fingerprint density at radius 2 is 1.55 bits per heavy atom. The lowest BCUT2D eigenvalue weighted by Gasteiger charge is -2.31. The molecule has 4 heterocycles. The molecule has 0 saturated carbocycles. The Bertz CT molecular complexity index is 986. The monoisotopic (exact) mass is 572 g/mol. The van der Waals surface area contributed by atoms with E-state index in [-0.39, 0.29) is 5.41 Å². The number of alkyl halides is 6. The molecule has 0 radical (unpaired) electrons. The number of carboxylic acids is 2. The van der Waals surface area contributed by atoms with Gasteiger partial charge < -0.3 is 14.9 Å². The Hall–Kier alpha value is -2.82. The van der Waals surface area contributed by atoms with Crippen LogP contribution < -0.4 is 0 Å². The van der Waals surface area contributed by atoms with Crippen LogP contribution in [0, 0.1) is 5.41 Å². The van der Waals surface area contributed by atoms with Crippen molar-refractivity contribution in [3.05, 3.63) is 46.7 Å². The highest BCUT2D eigenvalue weighted by Crippen LogP contribution is 2.34. The highest BCUT2D eigenvalue weighted by Gasteiger charge is 2.41. The first-order chi connectivity index (χ1) is 17.7. The van der Waals surface area contributed by atoms with Crippen LogP contribution in [0.4, 0.5) is 26.3 Å². The number of hydrogen-bond donors (Lipinski definition) is 2. The minimum absolute atomic E-state index is 0.253. The van der Waals surface area contributed by atoms with Crippen molar-refractivity contribution in [1.29, 1.82) is 0 Å². The molecule has 0 aromatic carbocycles. The molecule has 4 rings (SSSR count). The van der Waals surface area contributed by atoms with E-state index in [0.29, 0.717) is 0 Å². The lowest BCUT2D eigenvalue weighted by Crippen LogP contribution is -2.40. The zero-order valence-corrected chi connectivity index (χ0v) is 20.7. The third-order valence-corrected chi connectivity index (χ3v) is 6.24. The highest BCUT2D eigenvalue weighted by molar-refractivity contribution is 7.09. The van der Waals surface area contributed by atoms with Gasteiger partial charge in [0.1, 0.15) is 5.01 Å². The van der Waals surface area contributed by atoms with Gasteiger partial charge in [-0.15, -0.1) is 11.3 Å². The molecule has 2 aliphatic rings. The number of pyridine rings is 1. The van der Waals surface area contributed by atoms with Crippen LogP contribution >= 0.6 is 11.3 Å². The lowest BCUT2D eigenvalue weighted by molar-refractivity contribution is -0.193. The molecule has 9 nitrogen and oxygen atoms in total. The molecule has 0 bridgehead atoms. The maximum Gasteiger partial charge on any atom is 0.490 e. The van der Waals surface area contributed by atoms with E-state index in [4.69, 9.17) is 24.5 Å². The van der Waals surface area contributed by atoms with Crippen LogP contribution in [0.15, 0.2) is 36.0 Å². The Kier molecular flexibility index (Phi) is 11.4.